The number of unbranched alkanes of at least 4 members (excludes halogenated alkanes) is 38. The Bertz CT molecular complexity index is 2410. The molecule has 0 aromatic heterocycles. The van der Waals surface area contributed by atoms with E-state index in [1.807, 2.05) is 21.1 Å². The maximum Gasteiger partial charge on any atom is 0.472 e. The number of carbonyl (C=O) groups is 2. The Kier molecular flexibility index (Phi) is 80.7. The highest BCUT2D eigenvalue weighted by molar-refractivity contribution is 7.47. The molecule has 0 aromatic carbocycles. The lowest BCUT2D eigenvalue weighted by molar-refractivity contribution is -0.870. The lowest BCUT2D eigenvalue weighted by atomic mass is 10.0. The first-order valence-electron chi connectivity index (χ1n) is 43.9. The van der Waals surface area contributed by atoms with Crippen LogP contribution in [0.3, 0.4) is 0 Å². The van der Waals surface area contributed by atoms with Crippen molar-refractivity contribution in [3.63, 3.8) is 0 Å². The normalized spacial score (nSPS) is 13.8. The molecule has 0 aromatic rings. The van der Waals surface area contributed by atoms with Crippen molar-refractivity contribution in [1.82, 2.24) is 0 Å². The lowest BCUT2D eigenvalue weighted by Gasteiger charge is -2.24. The van der Waals surface area contributed by atoms with E-state index in [4.69, 9.17) is 18.5 Å². The highest BCUT2D eigenvalue weighted by Gasteiger charge is 2.27. The summed E-state index contributed by atoms with van der Waals surface area (Å²) in [6.45, 7) is 4.32. The second kappa shape index (κ2) is 84.4. The minimum absolute atomic E-state index is 0.0234. The summed E-state index contributed by atoms with van der Waals surface area (Å²) in [6, 6.07) is 0. The molecule has 0 saturated carbocycles. The molecule has 0 aliphatic carbocycles. The van der Waals surface area contributed by atoms with Crippen LogP contribution in [0.2, 0.25) is 0 Å². The number of phosphoric ester groups is 1. The summed E-state index contributed by atoms with van der Waals surface area (Å²) in [4.78, 5) is 36.0. The fourth-order valence-electron chi connectivity index (χ4n) is 12.1. The molecule has 10 heteroatoms. The van der Waals surface area contributed by atoms with Crippen LogP contribution in [0.1, 0.15) is 373 Å². The summed E-state index contributed by atoms with van der Waals surface area (Å²) in [5.41, 5.74) is 0. The number of rotatable bonds is 80. The second-order valence-corrected chi connectivity index (χ2v) is 31.6. The molecule has 0 aliphatic rings. The van der Waals surface area contributed by atoms with E-state index in [1.165, 1.54) is 212 Å². The van der Waals surface area contributed by atoms with Gasteiger partial charge < -0.3 is 18.9 Å². The summed E-state index contributed by atoms with van der Waals surface area (Å²) in [6.07, 6.45) is 128. The molecule has 9 nitrogen and oxygen atoms in total. The van der Waals surface area contributed by atoms with Crippen LogP contribution in [-0.4, -0.2) is 74.9 Å². The molecule has 0 bridgehead atoms. The molecule has 0 rings (SSSR count). The van der Waals surface area contributed by atoms with Gasteiger partial charge in [0.2, 0.25) is 0 Å². The number of allylic oxidation sites excluding steroid dienone is 28. The fraction of sp³-hybridized carbons (Fsp3) is 0.688. The third kappa shape index (κ3) is 88.3. The second-order valence-electron chi connectivity index (χ2n) is 30.2. The van der Waals surface area contributed by atoms with Gasteiger partial charge in [0.15, 0.2) is 6.10 Å². The number of hydrogen-bond acceptors (Lipinski definition) is 7. The van der Waals surface area contributed by atoms with Crippen LogP contribution in [0.25, 0.3) is 0 Å². The number of carbonyl (C=O) groups excluding carboxylic acids is 2. The molecule has 606 valence electrons. The summed E-state index contributed by atoms with van der Waals surface area (Å²) < 4.78 is 34.9. The van der Waals surface area contributed by atoms with Gasteiger partial charge in [0.1, 0.15) is 19.8 Å². The maximum absolute atomic E-state index is 12.9. The van der Waals surface area contributed by atoms with Gasteiger partial charge in [0, 0.05) is 12.8 Å². The molecular formula is C96H165NO8P+. The Labute approximate surface area is 655 Å². The monoisotopic (exact) mass is 1490 g/mol. The number of likely N-dealkylation sites (N-methyl/N-ethyl adjacent to an activating group) is 1. The van der Waals surface area contributed by atoms with Crippen LogP contribution in [0, 0.1) is 0 Å². The first-order chi connectivity index (χ1) is 52.0. The van der Waals surface area contributed by atoms with Gasteiger partial charge >= 0.3 is 19.8 Å². The van der Waals surface area contributed by atoms with Crippen molar-refractivity contribution >= 4 is 19.8 Å². The van der Waals surface area contributed by atoms with E-state index in [2.05, 4.69) is 184 Å². The molecule has 0 aliphatic heterocycles. The Morgan fingerprint density at radius 1 is 0.302 bits per heavy atom. The lowest BCUT2D eigenvalue weighted by Crippen LogP contribution is -2.37. The topological polar surface area (TPSA) is 108 Å². The average Bonchev–Trinajstić information content (AvgIpc) is 0.908. The van der Waals surface area contributed by atoms with Gasteiger partial charge in [-0.1, -0.05) is 396 Å². The van der Waals surface area contributed by atoms with E-state index < -0.39 is 26.5 Å². The number of esters is 2. The Morgan fingerprint density at radius 3 is 0.802 bits per heavy atom. The highest BCUT2D eigenvalue weighted by atomic mass is 31.2. The molecular weight excluding hydrogens is 1330 g/mol. The SMILES string of the molecule is CC/C=C\C/C=C\C/C=C\C/C=C\C/C=C\C/C=C\C/C=C\C/C=C\C/C=C\C/C=C\C/C=C\CCCCCCCCCC(=O)OC(COC(=O)CCCCCCCCCCCCCCCCCCCCCCCCCCCC/C=C\C/C=C\C/C=C\CCCCCCC)COP(=O)(O)OCC[N+](C)(C)C. The van der Waals surface area contributed by atoms with Crippen LogP contribution in [0.4, 0.5) is 0 Å². The molecule has 0 fully saturated rings. The Morgan fingerprint density at radius 2 is 0.538 bits per heavy atom. The minimum atomic E-state index is -4.41. The Hall–Kier alpha value is -4.63. The molecule has 1 N–H and O–H groups in total. The van der Waals surface area contributed by atoms with E-state index in [0.717, 1.165) is 128 Å². The van der Waals surface area contributed by atoms with Crippen molar-refractivity contribution in [3.05, 3.63) is 170 Å². The molecule has 0 saturated heterocycles. The zero-order valence-corrected chi connectivity index (χ0v) is 70.3. The van der Waals surface area contributed by atoms with E-state index in [1.54, 1.807) is 0 Å². The largest absolute Gasteiger partial charge is 0.472 e. The predicted octanol–water partition coefficient (Wildman–Crippen LogP) is 30.0. The zero-order chi connectivity index (χ0) is 76.8. The zero-order valence-electron chi connectivity index (χ0n) is 69.4. The van der Waals surface area contributed by atoms with Gasteiger partial charge in [-0.2, -0.15) is 0 Å². The quantitative estimate of drug-likeness (QED) is 0.0211. The standard InChI is InChI=1S/C96H164NO8P/c1-6-8-10-12-14-16-18-20-22-24-26-28-30-32-34-36-38-40-42-44-46-48-50-52-54-56-58-60-62-64-66-68-70-72-74-76-78-80-82-84-86-88-95(98)102-92-94(93-104-106(100,101)103-91-90-97(3,4)5)105-96(99)89-87-85-83-81-79-77-75-73-71-69-67-65-63-61-59-57-55-53-51-49-47-45-43-41-39-37-35-33-31-29-27-25-23-21-19-17-15-13-11-9-7-2/h9,11,15,17-18,20-21,23-24,26-27,29-30,32-33,35,39,41,45,47,51,53,57,59,63,65,69,71,94H,6-8,10,12-14,16,19,22,25,28,31,34,36-38,40,42-44,46,48-50,52,54-56,58,60-62,64,66-68,70,72-93H2,1-5H3/p+1/b11-9-,17-15-,20-18-,23-21-,26-24-,29-27-,32-30-,35-33-,41-39-,47-45-,53-51-,59-57-,65-63-,71-69-. The predicted molar refractivity (Wildman–Crippen MR) is 463 cm³/mol. The first-order valence-corrected chi connectivity index (χ1v) is 45.4. The van der Waals surface area contributed by atoms with Crippen LogP contribution in [0.5, 0.6) is 0 Å². The molecule has 0 amide bonds. The van der Waals surface area contributed by atoms with Crippen molar-refractivity contribution in [3.8, 4) is 0 Å². The van der Waals surface area contributed by atoms with E-state index >= 15 is 0 Å². The molecule has 2 unspecified atom stereocenters. The molecule has 0 spiro atoms. The van der Waals surface area contributed by atoms with Gasteiger partial charge in [0.05, 0.1) is 27.7 Å². The third-order valence-corrected chi connectivity index (χ3v) is 19.7. The van der Waals surface area contributed by atoms with Gasteiger partial charge in [-0.25, -0.2) is 4.57 Å². The fourth-order valence-corrected chi connectivity index (χ4v) is 12.8. The highest BCUT2D eigenvalue weighted by Crippen LogP contribution is 2.43. The van der Waals surface area contributed by atoms with Gasteiger partial charge in [-0.3, -0.25) is 18.6 Å². The van der Waals surface area contributed by atoms with Crippen molar-refractivity contribution in [2.24, 2.45) is 0 Å². The van der Waals surface area contributed by atoms with Crippen molar-refractivity contribution in [2.45, 2.75) is 380 Å². The van der Waals surface area contributed by atoms with E-state index in [-0.39, 0.29) is 32.0 Å². The van der Waals surface area contributed by atoms with Crippen molar-refractivity contribution in [2.75, 3.05) is 47.5 Å². The number of phosphoric acid groups is 1. The number of nitrogens with zero attached hydrogens (tertiary/aromatic N) is 1. The summed E-state index contributed by atoms with van der Waals surface area (Å²) in [7, 11) is 1.46. The van der Waals surface area contributed by atoms with Gasteiger partial charge in [-0.05, 0) is 135 Å². The van der Waals surface area contributed by atoms with Crippen molar-refractivity contribution < 1.29 is 42.1 Å². The van der Waals surface area contributed by atoms with Crippen LogP contribution in [0.15, 0.2) is 170 Å². The molecule has 0 heterocycles. The third-order valence-electron chi connectivity index (χ3n) is 18.7. The van der Waals surface area contributed by atoms with Crippen LogP contribution >= 0.6 is 7.82 Å². The summed E-state index contributed by atoms with van der Waals surface area (Å²) in [5.74, 6) is -0.806. The molecule has 0 radical (unpaired) electrons. The number of quaternary nitrogens is 1. The average molecular weight is 1490 g/mol. The van der Waals surface area contributed by atoms with Gasteiger partial charge in [-0.15, -0.1) is 0 Å². The number of ether oxygens (including phenoxy) is 2. The number of hydrogen-bond donors (Lipinski definition) is 1. The maximum atomic E-state index is 12.9. The summed E-state index contributed by atoms with van der Waals surface area (Å²) >= 11 is 0. The molecule has 106 heavy (non-hydrogen) atoms. The molecule has 2 atom stereocenters. The van der Waals surface area contributed by atoms with Crippen LogP contribution < -0.4 is 0 Å². The minimum Gasteiger partial charge on any atom is -0.462 e. The smallest absolute Gasteiger partial charge is 0.462 e. The van der Waals surface area contributed by atoms with Crippen LogP contribution in [-0.2, 0) is 32.7 Å². The summed E-state index contributed by atoms with van der Waals surface area (Å²) in [5, 5.41) is 0. The van der Waals surface area contributed by atoms with E-state index in [0.29, 0.717) is 17.4 Å². The van der Waals surface area contributed by atoms with E-state index in [9.17, 15) is 19.0 Å². The van der Waals surface area contributed by atoms with Gasteiger partial charge in [0.25, 0.3) is 0 Å². The van der Waals surface area contributed by atoms with Crippen molar-refractivity contribution in [1.29, 1.82) is 0 Å². The first kappa shape index (κ1) is 101. The Balaban J connectivity index is 3.99.